The number of carbonyl (C=O) groups excluding carboxylic acids is 1. The molecular weight excluding hydrogens is 216 g/mol. The Morgan fingerprint density at radius 1 is 1.47 bits per heavy atom. The van der Waals surface area contributed by atoms with Gasteiger partial charge >= 0.3 is 5.97 Å². The Bertz CT molecular complexity index is 383. The maximum Gasteiger partial charge on any atom is 0.338 e. The first kappa shape index (κ1) is 11.6. The van der Waals surface area contributed by atoms with E-state index in [1.54, 1.807) is 0 Å². The topological polar surface area (TPSA) is 66.4 Å². The molecule has 4 nitrogen and oxygen atoms in total. The third kappa shape index (κ3) is 3.30. The van der Waals surface area contributed by atoms with Crippen LogP contribution in [0.15, 0.2) is 41.8 Å². The summed E-state index contributed by atoms with van der Waals surface area (Å²) in [6.07, 6.45) is 1.46. The summed E-state index contributed by atoms with van der Waals surface area (Å²) in [5.74, 6) is -0.502. The van der Waals surface area contributed by atoms with Crippen LogP contribution in [0, 0.1) is 0 Å². The molecular formula is C10H9O4S-. The molecule has 0 aliphatic rings. The van der Waals surface area contributed by atoms with E-state index in [1.807, 2.05) is 0 Å². The number of ether oxygens (including phenoxy) is 1. The first-order valence-corrected chi connectivity index (χ1v) is 5.20. The zero-order chi connectivity index (χ0) is 11.3. The molecule has 0 amide bonds. The highest BCUT2D eigenvalue weighted by Crippen LogP contribution is 2.08. The fourth-order valence-electron chi connectivity index (χ4n) is 0.920. The van der Waals surface area contributed by atoms with Crippen LogP contribution in [-0.2, 0) is 15.8 Å². The lowest BCUT2D eigenvalue weighted by Crippen LogP contribution is -2.05. The van der Waals surface area contributed by atoms with E-state index in [0.717, 1.165) is 0 Å². The molecule has 0 aromatic heterocycles. The van der Waals surface area contributed by atoms with Crippen LogP contribution in [0.2, 0.25) is 0 Å². The van der Waals surface area contributed by atoms with E-state index in [0.29, 0.717) is 5.56 Å². The van der Waals surface area contributed by atoms with Crippen molar-refractivity contribution in [3.05, 3.63) is 42.5 Å². The number of rotatable bonds is 4. The molecule has 15 heavy (non-hydrogen) atoms. The average molecular weight is 225 g/mol. The third-order valence-corrected chi connectivity index (χ3v) is 2.27. The minimum atomic E-state index is -2.27. The van der Waals surface area contributed by atoms with Gasteiger partial charge in [0.15, 0.2) is 0 Å². The van der Waals surface area contributed by atoms with Gasteiger partial charge in [0, 0.05) is 4.90 Å². The van der Waals surface area contributed by atoms with Crippen LogP contribution < -0.4 is 0 Å². The van der Waals surface area contributed by atoms with Gasteiger partial charge in [-0.15, -0.1) is 0 Å². The van der Waals surface area contributed by atoms with Gasteiger partial charge in [0.25, 0.3) is 0 Å². The molecule has 0 radical (unpaired) electrons. The highest BCUT2D eigenvalue weighted by molar-refractivity contribution is 7.79. The van der Waals surface area contributed by atoms with Crippen LogP contribution in [-0.4, -0.2) is 21.3 Å². The highest BCUT2D eigenvalue weighted by Gasteiger charge is 2.05. The van der Waals surface area contributed by atoms with Crippen molar-refractivity contribution in [1.82, 2.24) is 0 Å². The molecule has 1 rings (SSSR count). The standard InChI is InChI=1S/C10H10O4S/c1-2-7-14-10(11)8-3-5-9(6-4-8)15(12)13/h2-6H,1,7H2,(H,12,13)/p-1. The SMILES string of the molecule is C=CCOC(=O)c1ccc(S(=O)[O-])cc1. The second-order valence-corrected chi connectivity index (χ2v) is 3.59. The van der Waals surface area contributed by atoms with Gasteiger partial charge in [-0.05, 0) is 35.3 Å². The quantitative estimate of drug-likeness (QED) is 0.439. The van der Waals surface area contributed by atoms with Crippen molar-refractivity contribution in [1.29, 1.82) is 0 Å². The van der Waals surface area contributed by atoms with Gasteiger partial charge in [-0.2, -0.15) is 0 Å². The van der Waals surface area contributed by atoms with Crippen molar-refractivity contribution < 1.29 is 18.3 Å². The van der Waals surface area contributed by atoms with Crippen molar-refractivity contribution in [3.8, 4) is 0 Å². The van der Waals surface area contributed by atoms with E-state index >= 15 is 0 Å². The molecule has 0 bridgehead atoms. The molecule has 0 aliphatic heterocycles. The lowest BCUT2D eigenvalue weighted by Gasteiger charge is -2.05. The summed E-state index contributed by atoms with van der Waals surface area (Å²) in [5, 5.41) is 0. The van der Waals surface area contributed by atoms with E-state index in [9.17, 15) is 13.6 Å². The van der Waals surface area contributed by atoms with Crippen LogP contribution in [0.3, 0.4) is 0 Å². The Morgan fingerprint density at radius 2 is 2.07 bits per heavy atom. The fraction of sp³-hybridized carbons (Fsp3) is 0.100. The number of esters is 1. The molecule has 0 fully saturated rings. The van der Waals surface area contributed by atoms with Crippen molar-refractivity contribution >= 4 is 17.0 Å². The largest absolute Gasteiger partial charge is 0.768 e. The minimum absolute atomic E-state index is 0.133. The molecule has 1 unspecified atom stereocenters. The van der Waals surface area contributed by atoms with E-state index in [-0.39, 0.29) is 11.5 Å². The predicted octanol–water partition coefficient (Wildman–Crippen LogP) is 1.27. The Balaban J connectivity index is 2.75. The molecule has 0 saturated heterocycles. The summed E-state index contributed by atoms with van der Waals surface area (Å²) in [6.45, 7) is 3.54. The van der Waals surface area contributed by atoms with Gasteiger partial charge in [-0.3, -0.25) is 4.21 Å². The summed E-state index contributed by atoms with van der Waals surface area (Å²) in [6, 6.07) is 5.48. The Hall–Kier alpha value is -1.46. The first-order valence-electron chi connectivity index (χ1n) is 4.12. The van der Waals surface area contributed by atoms with Crippen LogP contribution in [0.1, 0.15) is 10.4 Å². The summed E-state index contributed by atoms with van der Waals surface area (Å²) >= 11 is -2.27. The maximum absolute atomic E-state index is 11.3. The van der Waals surface area contributed by atoms with Crippen LogP contribution in [0.5, 0.6) is 0 Å². The van der Waals surface area contributed by atoms with Crippen molar-refractivity contribution in [2.75, 3.05) is 6.61 Å². The monoisotopic (exact) mass is 225 g/mol. The summed E-state index contributed by atoms with van der Waals surface area (Å²) in [7, 11) is 0. The molecule has 1 aromatic rings. The molecule has 80 valence electrons. The number of hydrogen-bond acceptors (Lipinski definition) is 4. The lowest BCUT2D eigenvalue weighted by atomic mass is 10.2. The lowest BCUT2D eigenvalue weighted by molar-refractivity contribution is 0.0549. The molecule has 0 heterocycles. The maximum atomic E-state index is 11.3. The second-order valence-electron chi connectivity index (χ2n) is 2.65. The second kappa shape index (κ2) is 5.43. The van der Waals surface area contributed by atoms with Gasteiger partial charge in [-0.1, -0.05) is 12.7 Å². The summed E-state index contributed by atoms with van der Waals surface area (Å²) < 4.78 is 25.8. The number of carbonyl (C=O) groups is 1. The summed E-state index contributed by atoms with van der Waals surface area (Å²) in [4.78, 5) is 11.4. The van der Waals surface area contributed by atoms with E-state index in [1.165, 1.54) is 30.3 Å². The molecule has 0 saturated carbocycles. The van der Waals surface area contributed by atoms with Gasteiger partial charge in [0.1, 0.15) is 6.61 Å². The van der Waals surface area contributed by atoms with Gasteiger partial charge < -0.3 is 9.29 Å². The van der Waals surface area contributed by atoms with Crippen molar-refractivity contribution in [3.63, 3.8) is 0 Å². The minimum Gasteiger partial charge on any atom is -0.768 e. The van der Waals surface area contributed by atoms with E-state index < -0.39 is 17.0 Å². The Kier molecular flexibility index (Phi) is 4.20. The molecule has 5 heteroatoms. The third-order valence-electron chi connectivity index (χ3n) is 1.61. The molecule has 0 aliphatic carbocycles. The van der Waals surface area contributed by atoms with E-state index in [2.05, 4.69) is 6.58 Å². The Morgan fingerprint density at radius 3 is 2.53 bits per heavy atom. The summed E-state index contributed by atoms with van der Waals surface area (Å²) in [5.41, 5.74) is 0.311. The number of hydrogen-bond donors (Lipinski definition) is 0. The van der Waals surface area contributed by atoms with Gasteiger partial charge in [-0.25, -0.2) is 4.79 Å². The zero-order valence-electron chi connectivity index (χ0n) is 7.84. The molecule has 0 spiro atoms. The number of benzene rings is 1. The van der Waals surface area contributed by atoms with Gasteiger partial charge in [0.2, 0.25) is 0 Å². The Labute approximate surface area is 89.9 Å². The van der Waals surface area contributed by atoms with Crippen LogP contribution in [0.25, 0.3) is 0 Å². The normalized spacial score (nSPS) is 11.8. The fourth-order valence-corrected chi connectivity index (χ4v) is 1.28. The smallest absolute Gasteiger partial charge is 0.338 e. The molecule has 0 N–H and O–H groups in total. The van der Waals surface area contributed by atoms with Gasteiger partial charge in [0.05, 0.1) is 5.56 Å². The first-order chi connectivity index (χ1) is 7.15. The van der Waals surface area contributed by atoms with E-state index in [4.69, 9.17) is 4.74 Å². The van der Waals surface area contributed by atoms with Crippen molar-refractivity contribution in [2.24, 2.45) is 0 Å². The van der Waals surface area contributed by atoms with Crippen molar-refractivity contribution in [2.45, 2.75) is 4.90 Å². The molecule has 1 atom stereocenters. The predicted molar refractivity (Wildman–Crippen MR) is 54.1 cm³/mol. The van der Waals surface area contributed by atoms with Crippen LogP contribution in [0.4, 0.5) is 0 Å². The van der Waals surface area contributed by atoms with Crippen LogP contribution >= 0.6 is 0 Å². The molecule has 1 aromatic carbocycles. The average Bonchev–Trinajstić information content (AvgIpc) is 2.26. The highest BCUT2D eigenvalue weighted by atomic mass is 32.2. The zero-order valence-corrected chi connectivity index (χ0v) is 8.66.